The number of aromatic nitrogens is 2. The topological polar surface area (TPSA) is 64.0 Å². The number of fused-ring (bicyclic) bond motifs is 1. The normalized spacial score (nSPS) is 16.2. The minimum Gasteiger partial charge on any atom is -0.311 e. The van der Waals surface area contributed by atoms with Gasteiger partial charge < -0.3 is 5.32 Å². The van der Waals surface area contributed by atoms with Gasteiger partial charge in [0.15, 0.2) is 5.78 Å². The van der Waals surface area contributed by atoms with Crippen LogP contribution in [0.5, 0.6) is 0 Å². The van der Waals surface area contributed by atoms with E-state index >= 15 is 0 Å². The van der Waals surface area contributed by atoms with E-state index in [2.05, 4.69) is 10.4 Å². The SMILES string of the molecule is CC(=O)c1cc(C2CC(=O)Nc3c2cnn3Cc2cccc(Cl)c2)cs1. The van der Waals surface area contributed by atoms with Crippen molar-refractivity contribution >= 4 is 40.4 Å². The van der Waals surface area contributed by atoms with E-state index in [-0.39, 0.29) is 17.6 Å². The number of ketones is 1. The fraction of sp³-hybridized carbons (Fsp3) is 0.211. The summed E-state index contributed by atoms with van der Waals surface area (Å²) in [6.45, 7) is 2.07. The Hall–Kier alpha value is -2.44. The van der Waals surface area contributed by atoms with E-state index in [0.29, 0.717) is 28.7 Å². The summed E-state index contributed by atoms with van der Waals surface area (Å²) < 4.78 is 1.78. The Labute approximate surface area is 159 Å². The molecular formula is C19H16ClN3O2S. The molecular weight excluding hydrogens is 370 g/mol. The molecule has 4 rings (SSSR count). The van der Waals surface area contributed by atoms with Crippen LogP contribution >= 0.6 is 22.9 Å². The summed E-state index contributed by atoms with van der Waals surface area (Å²) in [4.78, 5) is 24.6. The summed E-state index contributed by atoms with van der Waals surface area (Å²) in [7, 11) is 0. The average molecular weight is 386 g/mol. The fourth-order valence-corrected chi connectivity index (χ4v) is 4.29. The van der Waals surface area contributed by atoms with Gasteiger partial charge in [-0.3, -0.25) is 9.59 Å². The van der Waals surface area contributed by atoms with Crippen LogP contribution in [0.15, 0.2) is 41.9 Å². The third-order valence-electron chi connectivity index (χ3n) is 4.48. The van der Waals surface area contributed by atoms with Crippen molar-refractivity contribution in [1.29, 1.82) is 0 Å². The fourth-order valence-electron chi connectivity index (χ4n) is 3.21. The number of carbonyl (C=O) groups excluding carboxylic acids is 2. The molecule has 1 amide bonds. The van der Waals surface area contributed by atoms with Crippen LogP contribution in [-0.2, 0) is 11.3 Å². The molecule has 1 aliphatic heterocycles. The molecule has 1 aromatic carbocycles. The van der Waals surface area contributed by atoms with Gasteiger partial charge in [0.2, 0.25) is 5.91 Å². The van der Waals surface area contributed by atoms with E-state index in [0.717, 1.165) is 16.7 Å². The number of Topliss-reactive ketones (excluding diaryl/α,β-unsaturated/α-hetero) is 1. The van der Waals surface area contributed by atoms with Gasteiger partial charge in [0.05, 0.1) is 17.6 Å². The van der Waals surface area contributed by atoms with Crippen LogP contribution in [0, 0.1) is 0 Å². The molecule has 0 aliphatic carbocycles. The number of rotatable bonds is 4. The highest BCUT2D eigenvalue weighted by Gasteiger charge is 2.30. The maximum atomic E-state index is 12.3. The number of carbonyl (C=O) groups is 2. The molecule has 1 N–H and O–H groups in total. The highest BCUT2D eigenvalue weighted by molar-refractivity contribution is 7.12. The lowest BCUT2D eigenvalue weighted by molar-refractivity contribution is -0.116. The second-order valence-electron chi connectivity index (χ2n) is 6.34. The van der Waals surface area contributed by atoms with Crippen LogP contribution in [0.4, 0.5) is 5.82 Å². The highest BCUT2D eigenvalue weighted by atomic mass is 35.5. The Morgan fingerprint density at radius 3 is 3.00 bits per heavy atom. The van der Waals surface area contributed by atoms with Crippen LogP contribution in [0.25, 0.3) is 0 Å². The number of nitrogens with zero attached hydrogens (tertiary/aromatic N) is 2. The van der Waals surface area contributed by atoms with E-state index in [1.165, 1.54) is 11.3 Å². The summed E-state index contributed by atoms with van der Waals surface area (Å²) in [6, 6.07) is 9.46. The Morgan fingerprint density at radius 2 is 2.27 bits per heavy atom. The zero-order valence-electron chi connectivity index (χ0n) is 14.0. The number of thiophene rings is 1. The number of anilines is 1. The number of halogens is 1. The first-order valence-corrected chi connectivity index (χ1v) is 9.46. The maximum Gasteiger partial charge on any atom is 0.226 e. The minimum absolute atomic E-state index is 0.0402. The van der Waals surface area contributed by atoms with Crippen LogP contribution in [0.2, 0.25) is 5.02 Å². The van der Waals surface area contributed by atoms with E-state index in [1.807, 2.05) is 35.7 Å². The number of hydrogen-bond donors (Lipinski definition) is 1. The molecule has 0 bridgehead atoms. The standard InChI is InChI=1S/C19H16ClN3O2S/c1-11(24)17-6-13(10-26-17)15-7-18(25)22-19-16(15)8-21-23(19)9-12-3-2-4-14(20)5-12/h2-6,8,10,15H,7,9H2,1H3,(H,22,25). The van der Waals surface area contributed by atoms with Crippen LogP contribution in [-0.4, -0.2) is 21.5 Å². The molecule has 0 radical (unpaired) electrons. The van der Waals surface area contributed by atoms with E-state index in [9.17, 15) is 9.59 Å². The van der Waals surface area contributed by atoms with Gasteiger partial charge in [-0.1, -0.05) is 23.7 Å². The molecule has 7 heteroatoms. The number of hydrogen-bond acceptors (Lipinski definition) is 4. The Kier molecular flexibility index (Phi) is 4.38. The van der Waals surface area contributed by atoms with Crippen molar-refractivity contribution < 1.29 is 9.59 Å². The van der Waals surface area contributed by atoms with Gasteiger partial charge >= 0.3 is 0 Å². The molecule has 1 atom stereocenters. The first-order chi connectivity index (χ1) is 12.5. The minimum atomic E-state index is -0.0868. The Balaban J connectivity index is 1.69. The molecule has 26 heavy (non-hydrogen) atoms. The zero-order chi connectivity index (χ0) is 18.3. The second kappa shape index (κ2) is 6.70. The average Bonchev–Trinajstić information content (AvgIpc) is 3.22. The quantitative estimate of drug-likeness (QED) is 0.680. The molecule has 0 saturated carbocycles. The van der Waals surface area contributed by atoms with Crippen molar-refractivity contribution in [3.05, 3.63) is 68.5 Å². The second-order valence-corrected chi connectivity index (χ2v) is 7.69. The molecule has 132 valence electrons. The monoisotopic (exact) mass is 385 g/mol. The lowest BCUT2D eigenvalue weighted by Crippen LogP contribution is -2.24. The van der Waals surface area contributed by atoms with Crippen molar-refractivity contribution in [3.63, 3.8) is 0 Å². The van der Waals surface area contributed by atoms with E-state index in [1.54, 1.807) is 17.8 Å². The van der Waals surface area contributed by atoms with E-state index in [4.69, 9.17) is 11.6 Å². The first kappa shape index (κ1) is 17.0. The van der Waals surface area contributed by atoms with Gasteiger partial charge in [-0.25, -0.2) is 4.68 Å². The lowest BCUT2D eigenvalue weighted by Gasteiger charge is -2.23. The molecule has 0 spiro atoms. The number of benzene rings is 1. The third kappa shape index (κ3) is 3.18. The molecule has 1 unspecified atom stereocenters. The molecule has 0 saturated heterocycles. The molecule has 0 fully saturated rings. The van der Waals surface area contributed by atoms with Crippen molar-refractivity contribution in [2.75, 3.05) is 5.32 Å². The van der Waals surface area contributed by atoms with Gasteiger partial charge in [-0.05, 0) is 41.6 Å². The third-order valence-corrected chi connectivity index (χ3v) is 5.77. The van der Waals surface area contributed by atoms with Crippen molar-refractivity contribution in [3.8, 4) is 0 Å². The smallest absolute Gasteiger partial charge is 0.226 e. The molecule has 2 aromatic heterocycles. The predicted molar refractivity (Wildman–Crippen MR) is 102 cm³/mol. The molecule has 3 heterocycles. The molecule has 1 aliphatic rings. The van der Waals surface area contributed by atoms with Crippen molar-refractivity contribution in [2.24, 2.45) is 0 Å². The maximum absolute atomic E-state index is 12.3. The Morgan fingerprint density at radius 1 is 1.42 bits per heavy atom. The largest absolute Gasteiger partial charge is 0.311 e. The van der Waals surface area contributed by atoms with E-state index < -0.39 is 0 Å². The van der Waals surface area contributed by atoms with Crippen LogP contribution in [0.3, 0.4) is 0 Å². The summed E-state index contributed by atoms with van der Waals surface area (Å²) in [5.74, 6) is 0.613. The summed E-state index contributed by atoms with van der Waals surface area (Å²) in [5, 5.41) is 10.0. The van der Waals surface area contributed by atoms with Gasteiger partial charge in [-0.15, -0.1) is 11.3 Å². The van der Waals surface area contributed by atoms with Crippen LogP contribution < -0.4 is 5.32 Å². The first-order valence-electron chi connectivity index (χ1n) is 8.20. The van der Waals surface area contributed by atoms with Gasteiger partial charge in [0, 0.05) is 22.9 Å². The van der Waals surface area contributed by atoms with Gasteiger partial charge in [-0.2, -0.15) is 5.10 Å². The Bertz CT molecular complexity index is 1010. The molecule has 5 nitrogen and oxygen atoms in total. The summed E-state index contributed by atoms with van der Waals surface area (Å²) >= 11 is 7.47. The summed E-state index contributed by atoms with van der Waals surface area (Å²) in [5.41, 5.74) is 2.97. The van der Waals surface area contributed by atoms with Gasteiger partial charge in [0.1, 0.15) is 5.82 Å². The predicted octanol–water partition coefficient (Wildman–Crippen LogP) is 4.32. The highest BCUT2D eigenvalue weighted by Crippen LogP contribution is 2.38. The number of nitrogens with one attached hydrogen (secondary N) is 1. The van der Waals surface area contributed by atoms with Crippen LogP contribution in [0.1, 0.15) is 45.6 Å². The van der Waals surface area contributed by atoms with Crippen molar-refractivity contribution in [2.45, 2.75) is 25.8 Å². The number of amides is 1. The van der Waals surface area contributed by atoms with Crippen molar-refractivity contribution in [1.82, 2.24) is 9.78 Å². The lowest BCUT2D eigenvalue weighted by atomic mass is 9.89. The van der Waals surface area contributed by atoms with Gasteiger partial charge in [0.25, 0.3) is 0 Å². The summed E-state index contributed by atoms with van der Waals surface area (Å²) in [6.07, 6.45) is 2.15. The zero-order valence-corrected chi connectivity index (χ0v) is 15.6. The molecule has 3 aromatic rings.